The normalized spacial score (nSPS) is 11.4. The Kier molecular flexibility index (Phi) is 4.94. The standard InChI is InChI=1S/C17H20N2O2S2/c1-4-6-13-18-16-15(17(20)19(13)8-9-21-3)14(11(2)23-16)12-7-5-10-22-12/h5,7,10H,4,6,8-9H2,1-3H3. The van der Waals surface area contributed by atoms with Gasteiger partial charge in [0.1, 0.15) is 10.7 Å². The third-order valence-electron chi connectivity index (χ3n) is 3.83. The maximum absolute atomic E-state index is 13.1. The summed E-state index contributed by atoms with van der Waals surface area (Å²) in [5.41, 5.74) is 1.11. The Hall–Kier alpha value is -1.50. The molecule has 0 saturated heterocycles. The van der Waals surface area contributed by atoms with Crippen LogP contribution in [-0.2, 0) is 17.7 Å². The minimum Gasteiger partial charge on any atom is -0.383 e. The van der Waals surface area contributed by atoms with Gasteiger partial charge in [0.05, 0.1) is 18.5 Å². The second kappa shape index (κ2) is 6.95. The first-order valence-electron chi connectivity index (χ1n) is 7.73. The van der Waals surface area contributed by atoms with E-state index in [1.165, 1.54) is 0 Å². The molecule has 0 bridgehead atoms. The lowest BCUT2D eigenvalue weighted by Crippen LogP contribution is -2.27. The van der Waals surface area contributed by atoms with Crippen molar-refractivity contribution in [1.82, 2.24) is 9.55 Å². The second-order valence-corrected chi connectivity index (χ2v) is 7.57. The van der Waals surface area contributed by atoms with Crippen molar-refractivity contribution < 1.29 is 4.74 Å². The fraction of sp³-hybridized carbons (Fsp3) is 0.412. The lowest BCUT2D eigenvalue weighted by atomic mass is 10.1. The molecule has 3 rings (SSSR count). The number of ether oxygens (including phenoxy) is 1. The summed E-state index contributed by atoms with van der Waals surface area (Å²) in [5, 5.41) is 2.80. The van der Waals surface area contributed by atoms with E-state index >= 15 is 0 Å². The summed E-state index contributed by atoms with van der Waals surface area (Å²) >= 11 is 3.28. The largest absolute Gasteiger partial charge is 0.383 e. The van der Waals surface area contributed by atoms with E-state index in [1.54, 1.807) is 34.4 Å². The molecule has 0 aliphatic rings. The highest BCUT2D eigenvalue weighted by Crippen LogP contribution is 2.37. The molecule has 0 atom stereocenters. The SMILES string of the molecule is CCCc1nc2sc(C)c(-c3cccs3)c2c(=O)n1CCOC. The average molecular weight is 348 g/mol. The highest BCUT2D eigenvalue weighted by molar-refractivity contribution is 7.20. The molecule has 23 heavy (non-hydrogen) atoms. The molecule has 3 aromatic heterocycles. The van der Waals surface area contributed by atoms with Crippen LogP contribution in [0.3, 0.4) is 0 Å². The number of hydrogen-bond donors (Lipinski definition) is 0. The van der Waals surface area contributed by atoms with Crippen molar-refractivity contribution in [2.75, 3.05) is 13.7 Å². The Morgan fingerprint density at radius 3 is 2.87 bits per heavy atom. The Morgan fingerprint density at radius 2 is 2.22 bits per heavy atom. The Morgan fingerprint density at radius 1 is 1.39 bits per heavy atom. The minimum atomic E-state index is 0.0586. The number of fused-ring (bicyclic) bond motifs is 1. The van der Waals surface area contributed by atoms with Gasteiger partial charge in [-0.1, -0.05) is 13.0 Å². The molecule has 3 aromatic rings. The lowest BCUT2D eigenvalue weighted by Gasteiger charge is -2.11. The highest BCUT2D eigenvalue weighted by Gasteiger charge is 2.19. The summed E-state index contributed by atoms with van der Waals surface area (Å²) in [6, 6.07) is 4.09. The van der Waals surface area contributed by atoms with Gasteiger partial charge in [-0.3, -0.25) is 9.36 Å². The molecule has 0 unspecified atom stereocenters. The van der Waals surface area contributed by atoms with E-state index < -0.39 is 0 Å². The van der Waals surface area contributed by atoms with Gasteiger partial charge in [0, 0.05) is 28.8 Å². The van der Waals surface area contributed by atoms with Crippen molar-refractivity contribution in [3.63, 3.8) is 0 Å². The maximum Gasteiger partial charge on any atom is 0.263 e. The van der Waals surface area contributed by atoms with Crippen LogP contribution < -0.4 is 5.56 Å². The average Bonchev–Trinajstić information content (AvgIpc) is 3.14. The molecule has 0 aromatic carbocycles. The molecule has 0 aliphatic heterocycles. The Bertz CT molecular complexity index is 863. The van der Waals surface area contributed by atoms with E-state index in [0.29, 0.717) is 13.2 Å². The first kappa shape index (κ1) is 16.4. The van der Waals surface area contributed by atoms with Gasteiger partial charge in [0.2, 0.25) is 0 Å². The second-order valence-electron chi connectivity index (χ2n) is 5.42. The molecule has 0 saturated carbocycles. The maximum atomic E-state index is 13.1. The van der Waals surface area contributed by atoms with Gasteiger partial charge in [0.25, 0.3) is 5.56 Å². The van der Waals surface area contributed by atoms with Gasteiger partial charge in [-0.2, -0.15) is 0 Å². The van der Waals surface area contributed by atoms with Crippen LogP contribution in [0.25, 0.3) is 20.7 Å². The highest BCUT2D eigenvalue weighted by atomic mass is 32.1. The van der Waals surface area contributed by atoms with Crippen LogP contribution in [0.5, 0.6) is 0 Å². The number of thiophene rings is 2. The molecular weight excluding hydrogens is 328 g/mol. The number of nitrogens with zero attached hydrogens (tertiary/aromatic N) is 2. The molecule has 122 valence electrons. The van der Waals surface area contributed by atoms with Crippen molar-refractivity contribution >= 4 is 32.9 Å². The zero-order valence-electron chi connectivity index (χ0n) is 13.6. The molecule has 0 aliphatic carbocycles. The topological polar surface area (TPSA) is 44.1 Å². The molecule has 0 N–H and O–H groups in total. The van der Waals surface area contributed by atoms with E-state index in [9.17, 15) is 4.79 Å². The fourth-order valence-corrected chi connectivity index (χ4v) is 4.73. The monoisotopic (exact) mass is 348 g/mol. The molecule has 0 radical (unpaired) electrons. The molecule has 0 amide bonds. The summed E-state index contributed by atoms with van der Waals surface area (Å²) < 4.78 is 6.96. The number of aryl methyl sites for hydroxylation is 2. The van der Waals surface area contributed by atoms with Gasteiger partial charge in [-0.25, -0.2) is 4.98 Å². The van der Waals surface area contributed by atoms with Crippen LogP contribution in [-0.4, -0.2) is 23.3 Å². The van der Waals surface area contributed by atoms with Crippen molar-refractivity contribution in [3.05, 3.63) is 38.6 Å². The Balaban J connectivity index is 2.28. The van der Waals surface area contributed by atoms with Gasteiger partial charge >= 0.3 is 0 Å². The third-order valence-corrected chi connectivity index (χ3v) is 5.71. The number of hydrogen-bond acceptors (Lipinski definition) is 5. The van der Waals surface area contributed by atoms with Crippen molar-refractivity contribution in [3.8, 4) is 10.4 Å². The van der Waals surface area contributed by atoms with Crippen molar-refractivity contribution in [2.45, 2.75) is 33.2 Å². The molecule has 6 heteroatoms. The van der Waals surface area contributed by atoms with Gasteiger partial charge in [0.15, 0.2) is 0 Å². The lowest BCUT2D eigenvalue weighted by molar-refractivity contribution is 0.185. The summed E-state index contributed by atoms with van der Waals surface area (Å²) in [6.07, 6.45) is 1.77. The smallest absolute Gasteiger partial charge is 0.263 e. The Labute approximate surface area is 143 Å². The quantitative estimate of drug-likeness (QED) is 0.674. The van der Waals surface area contributed by atoms with E-state index in [-0.39, 0.29) is 5.56 Å². The van der Waals surface area contributed by atoms with Crippen LogP contribution in [0.2, 0.25) is 0 Å². The van der Waals surface area contributed by atoms with Crippen LogP contribution in [0, 0.1) is 6.92 Å². The summed E-state index contributed by atoms with van der Waals surface area (Å²) in [4.78, 5) is 21.1. The molecule has 0 fully saturated rings. The summed E-state index contributed by atoms with van der Waals surface area (Å²) in [7, 11) is 1.66. The fourth-order valence-electron chi connectivity index (χ4n) is 2.78. The van der Waals surface area contributed by atoms with Gasteiger partial charge in [-0.05, 0) is 24.8 Å². The van der Waals surface area contributed by atoms with Crippen molar-refractivity contribution in [1.29, 1.82) is 0 Å². The zero-order valence-corrected chi connectivity index (χ0v) is 15.2. The van der Waals surface area contributed by atoms with Crippen LogP contribution in [0.15, 0.2) is 22.3 Å². The van der Waals surface area contributed by atoms with Crippen LogP contribution in [0.4, 0.5) is 0 Å². The van der Waals surface area contributed by atoms with E-state index in [2.05, 4.69) is 19.9 Å². The summed E-state index contributed by atoms with van der Waals surface area (Å²) in [6.45, 7) is 5.24. The molecule has 0 spiro atoms. The van der Waals surface area contributed by atoms with E-state index in [0.717, 1.165) is 44.2 Å². The van der Waals surface area contributed by atoms with Crippen LogP contribution in [0.1, 0.15) is 24.0 Å². The number of rotatable bonds is 6. The summed E-state index contributed by atoms with van der Waals surface area (Å²) in [5.74, 6) is 0.862. The van der Waals surface area contributed by atoms with E-state index in [1.807, 2.05) is 11.4 Å². The first-order chi connectivity index (χ1) is 11.2. The minimum absolute atomic E-state index is 0.0586. The third kappa shape index (κ3) is 2.98. The molecule has 3 heterocycles. The van der Waals surface area contributed by atoms with Crippen molar-refractivity contribution in [2.24, 2.45) is 0 Å². The molecule has 4 nitrogen and oxygen atoms in total. The zero-order chi connectivity index (χ0) is 16.4. The van der Waals surface area contributed by atoms with Crippen LogP contribution >= 0.6 is 22.7 Å². The first-order valence-corrected chi connectivity index (χ1v) is 9.42. The predicted octanol–water partition coefficient (Wildman–Crippen LogP) is 4.09. The number of aromatic nitrogens is 2. The van der Waals surface area contributed by atoms with E-state index in [4.69, 9.17) is 9.72 Å². The molecular formula is C17H20N2O2S2. The van der Waals surface area contributed by atoms with Gasteiger partial charge < -0.3 is 4.74 Å². The number of methoxy groups -OCH3 is 1. The predicted molar refractivity (Wildman–Crippen MR) is 97.8 cm³/mol. The van der Waals surface area contributed by atoms with Gasteiger partial charge in [-0.15, -0.1) is 22.7 Å².